The highest BCUT2D eigenvalue weighted by Crippen LogP contribution is 2.41. The summed E-state index contributed by atoms with van der Waals surface area (Å²) in [4.78, 5) is 16.9. The first-order chi connectivity index (χ1) is 15.8. The molecule has 0 N–H and O–H groups in total. The van der Waals surface area contributed by atoms with Crippen LogP contribution in [0.4, 0.5) is 10.5 Å². The monoisotopic (exact) mass is 452 g/mol. The second kappa shape index (κ2) is 9.54. The number of rotatable bonds is 4. The van der Waals surface area contributed by atoms with Gasteiger partial charge >= 0.3 is 6.09 Å². The second-order valence-electron chi connectivity index (χ2n) is 9.76. The lowest BCUT2D eigenvalue weighted by atomic mass is 9.94. The number of carbonyl (C=O) groups is 1. The third-order valence-corrected chi connectivity index (χ3v) is 6.24. The van der Waals surface area contributed by atoms with E-state index in [1.807, 2.05) is 44.7 Å². The Labute approximate surface area is 197 Å². The van der Waals surface area contributed by atoms with Crippen molar-refractivity contribution in [2.24, 2.45) is 0 Å². The Morgan fingerprint density at radius 1 is 1.12 bits per heavy atom. The molecule has 2 heterocycles. The lowest BCUT2D eigenvalue weighted by Crippen LogP contribution is -2.38. The minimum Gasteiger partial charge on any atom is -0.494 e. The Morgan fingerprint density at radius 3 is 2.64 bits per heavy atom. The fourth-order valence-corrected chi connectivity index (χ4v) is 4.75. The van der Waals surface area contributed by atoms with Crippen molar-refractivity contribution in [3.8, 4) is 11.5 Å². The number of anilines is 1. The number of nitrogens with zero attached hydrogens (tertiary/aromatic N) is 2. The third-order valence-electron chi connectivity index (χ3n) is 6.24. The van der Waals surface area contributed by atoms with Crippen LogP contribution in [0, 0.1) is 6.92 Å². The smallest absolute Gasteiger partial charge is 0.410 e. The van der Waals surface area contributed by atoms with Crippen LogP contribution >= 0.6 is 0 Å². The van der Waals surface area contributed by atoms with Gasteiger partial charge in [0.1, 0.15) is 23.7 Å². The predicted molar refractivity (Wildman–Crippen MR) is 131 cm³/mol. The van der Waals surface area contributed by atoms with E-state index in [9.17, 15) is 4.79 Å². The van der Waals surface area contributed by atoms with E-state index in [0.29, 0.717) is 26.3 Å². The maximum absolute atomic E-state index is 12.7. The fraction of sp³-hybridized carbons (Fsp3) is 0.519. The van der Waals surface area contributed by atoms with Gasteiger partial charge in [0, 0.05) is 25.2 Å². The Morgan fingerprint density at radius 2 is 1.88 bits per heavy atom. The highest BCUT2D eigenvalue weighted by molar-refractivity contribution is 5.71. The van der Waals surface area contributed by atoms with Crippen LogP contribution in [0.2, 0.25) is 0 Å². The van der Waals surface area contributed by atoms with Crippen LogP contribution in [0.5, 0.6) is 11.5 Å². The molecule has 178 valence electrons. The summed E-state index contributed by atoms with van der Waals surface area (Å²) in [7, 11) is 0. The summed E-state index contributed by atoms with van der Waals surface area (Å²) in [5.41, 5.74) is 5.70. The van der Waals surface area contributed by atoms with E-state index >= 15 is 0 Å². The molecular formula is C27H36N2O4. The normalized spacial score (nSPS) is 15.8. The third kappa shape index (κ3) is 5.21. The molecule has 0 atom stereocenters. The van der Waals surface area contributed by atoms with Gasteiger partial charge in [-0.3, -0.25) is 0 Å². The number of amides is 1. The van der Waals surface area contributed by atoms with Gasteiger partial charge in [-0.2, -0.15) is 0 Å². The number of fused-ring (bicyclic) bond motifs is 2. The van der Waals surface area contributed by atoms with Crippen LogP contribution < -0.4 is 14.4 Å². The molecule has 4 rings (SSSR count). The number of ether oxygens (including phenoxy) is 3. The summed E-state index contributed by atoms with van der Waals surface area (Å²) in [6.45, 7) is 14.2. The second-order valence-corrected chi connectivity index (χ2v) is 9.76. The first-order valence-electron chi connectivity index (χ1n) is 12.0. The molecule has 0 saturated heterocycles. The van der Waals surface area contributed by atoms with E-state index in [4.69, 9.17) is 14.2 Å². The topological polar surface area (TPSA) is 51.2 Å². The summed E-state index contributed by atoms with van der Waals surface area (Å²) >= 11 is 0. The minimum absolute atomic E-state index is 0.233. The van der Waals surface area contributed by atoms with E-state index in [0.717, 1.165) is 43.1 Å². The van der Waals surface area contributed by atoms with Gasteiger partial charge in [0.15, 0.2) is 0 Å². The number of para-hydroxylation sites is 1. The maximum Gasteiger partial charge on any atom is 0.410 e. The van der Waals surface area contributed by atoms with Crippen LogP contribution in [0.1, 0.15) is 49.9 Å². The van der Waals surface area contributed by atoms with E-state index in [1.165, 1.54) is 22.3 Å². The van der Waals surface area contributed by atoms with E-state index in [-0.39, 0.29) is 6.09 Å². The molecular weight excluding hydrogens is 416 g/mol. The minimum atomic E-state index is -0.489. The molecule has 0 aliphatic carbocycles. The lowest BCUT2D eigenvalue weighted by molar-refractivity contribution is 0.0258. The average molecular weight is 453 g/mol. The predicted octanol–water partition coefficient (Wildman–Crippen LogP) is 5.13. The van der Waals surface area contributed by atoms with Crippen molar-refractivity contribution in [1.82, 2.24) is 4.90 Å². The molecule has 0 unspecified atom stereocenters. The fourth-order valence-electron chi connectivity index (χ4n) is 4.75. The molecule has 2 aromatic rings. The Bertz CT molecular complexity index is 1010. The van der Waals surface area contributed by atoms with Crippen LogP contribution in [0.15, 0.2) is 30.3 Å². The SMILES string of the molecule is CCOc1ccccc1CN1CCOc2cc3c(c(C)c21)CCN(C(=O)OC(C)(C)C)CC3. The Balaban J connectivity index is 1.59. The maximum atomic E-state index is 12.7. The van der Waals surface area contributed by atoms with Crippen LogP contribution in [-0.4, -0.2) is 49.4 Å². The number of carbonyl (C=O) groups excluding carboxylic acids is 1. The molecule has 0 saturated carbocycles. The van der Waals surface area contributed by atoms with Gasteiger partial charge in [0.25, 0.3) is 0 Å². The zero-order chi connectivity index (χ0) is 23.6. The van der Waals surface area contributed by atoms with E-state index in [1.54, 1.807) is 0 Å². The van der Waals surface area contributed by atoms with Crippen molar-refractivity contribution >= 4 is 11.8 Å². The molecule has 0 bridgehead atoms. The number of benzene rings is 2. The van der Waals surface area contributed by atoms with Crippen molar-refractivity contribution in [3.05, 3.63) is 52.6 Å². The van der Waals surface area contributed by atoms with Crippen molar-refractivity contribution in [1.29, 1.82) is 0 Å². The molecule has 0 aromatic heterocycles. The zero-order valence-electron chi connectivity index (χ0n) is 20.6. The average Bonchev–Trinajstić information content (AvgIpc) is 2.97. The van der Waals surface area contributed by atoms with Crippen LogP contribution in [0.25, 0.3) is 0 Å². The molecule has 0 spiro atoms. The van der Waals surface area contributed by atoms with Gasteiger partial charge in [0.2, 0.25) is 0 Å². The molecule has 2 aliphatic heterocycles. The van der Waals surface area contributed by atoms with Gasteiger partial charge < -0.3 is 24.0 Å². The summed E-state index contributed by atoms with van der Waals surface area (Å²) in [5.74, 6) is 1.88. The quantitative estimate of drug-likeness (QED) is 0.644. The van der Waals surface area contributed by atoms with Crippen LogP contribution in [-0.2, 0) is 24.1 Å². The first kappa shape index (κ1) is 23.3. The molecule has 2 aliphatic rings. The number of hydrogen-bond acceptors (Lipinski definition) is 5. The first-order valence-corrected chi connectivity index (χ1v) is 12.0. The van der Waals surface area contributed by atoms with E-state index < -0.39 is 5.60 Å². The zero-order valence-corrected chi connectivity index (χ0v) is 20.6. The summed E-state index contributed by atoms with van der Waals surface area (Å²) < 4.78 is 17.6. The highest BCUT2D eigenvalue weighted by atomic mass is 16.6. The summed E-state index contributed by atoms with van der Waals surface area (Å²) in [5, 5.41) is 0. The molecule has 1 amide bonds. The lowest BCUT2D eigenvalue weighted by Gasteiger charge is -2.34. The largest absolute Gasteiger partial charge is 0.494 e. The van der Waals surface area contributed by atoms with Gasteiger partial charge in [-0.15, -0.1) is 0 Å². The van der Waals surface area contributed by atoms with Crippen molar-refractivity contribution in [3.63, 3.8) is 0 Å². The van der Waals surface area contributed by atoms with Gasteiger partial charge in [-0.05, 0) is 76.3 Å². The molecule has 33 heavy (non-hydrogen) atoms. The van der Waals surface area contributed by atoms with Gasteiger partial charge in [-0.1, -0.05) is 18.2 Å². The standard InChI is InChI=1S/C27H36N2O4/c1-6-31-23-10-8-7-9-21(23)18-29-15-16-32-24-17-20-11-13-28(26(30)33-27(3,4)5)14-12-22(20)19(2)25(24)29/h7-10,17H,6,11-16,18H2,1-5H3. The van der Waals surface area contributed by atoms with Gasteiger partial charge in [-0.25, -0.2) is 4.79 Å². The van der Waals surface area contributed by atoms with Gasteiger partial charge in [0.05, 0.1) is 18.8 Å². The Kier molecular flexibility index (Phi) is 6.73. The van der Waals surface area contributed by atoms with Crippen molar-refractivity contribution in [2.45, 2.75) is 59.6 Å². The molecule has 0 fully saturated rings. The summed E-state index contributed by atoms with van der Waals surface area (Å²) in [6.07, 6.45) is 1.39. The molecule has 6 nitrogen and oxygen atoms in total. The molecule has 2 aromatic carbocycles. The van der Waals surface area contributed by atoms with Crippen LogP contribution in [0.3, 0.4) is 0 Å². The molecule has 6 heteroatoms. The highest BCUT2D eigenvalue weighted by Gasteiger charge is 2.29. The van der Waals surface area contributed by atoms with E-state index in [2.05, 4.69) is 30.0 Å². The number of hydrogen-bond donors (Lipinski definition) is 0. The van der Waals surface area contributed by atoms with Crippen molar-refractivity contribution < 1.29 is 19.0 Å². The molecule has 0 radical (unpaired) electrons. The van der Waals surface area contributed by atoms with Crippen molar-refractivity contribution in [2.75, 3.05) is 37.7 Å². The summed E-state index contributed by atoms with van der Waals surface area (Å²) in [6, 6.07) is 10.4. The Hall–Kier alpha value is -2.89.